The summed E-state index contributed by atoms with van der Waals surface area (Å²) in [6.07, 6.45) is 1.07. The van der Waals surface area contributed by atoms with Crippen molar-refractivity contribution >= 4 is 17.2 Å². The molecule has 5 nitrogen and oxygen atoms in total. The van der Waals surface area contributed by atoms with Gasteiger partial charge in [-0.05, 0) is 37.1 Å². The second-order valence-electron chi connectivity index (χ2n) is 7.76. The molecule has 158 valence electrons. The lowest BCUT2D eigenvalue weighted by molar-refractivity contribution is -0.0868. The zero-order chi connectivity index (χ0) is 21.3. The normalized spacial score (nSPS) is 25.3. The van der Waals surface area contributed by atoms with Gasteiger partial charge in [-0.1, -0.05) is 80.6 Å². The molecule has 0 N–H and O–H groups in total. The Morgan fingerprint density at radius 2 is 1.35 bits per heavy atom. The van der Waals surface area contributed by atoms with Crippen LogP contribution in [-0.4, -0.2) is 24.1 Å². The van der Waals surface area contributed by atoms with E-state index in [1.807, 2.05) is 59.6 Å². The third-order valence-electron chi connectivity index (χ3n) is 5.82. The molecule has 0 aliphatic carbocycles. The van der Waals surface area contributed by atoms with Gasteiger partial charge in [0.15, 0.2) is 12.1 Å². The van der Waals surface area contributed by atoms with Crippen LogP contribution in [0, 0.1) is 0 Å². The van der Waals surface area contributed by atoms with E-state index in [0.717, 1.165) is 35.6 Å². The molecule has 0 saturated carbocycles. The molecule has 0 amide bonds. The first kappa shape index (κ1) is 19.8. The van der Waals surface area contributed by atoms with Gasteiger partial charge >= 0.3 is 0 Å². The molecular formula is C26H27N3O2. The smallest absolute Gasteiger partial charge is 0.276 e. The van der Waals surface area contributed by atoms with Crippen LogP contribution in [-0.2, 0) is 9.47 Å². The lowest BCUT2D eigenvalue weighted by Gasteiger charge is -2.42. The number of anilines is 2. The van der Waals surface area contributed by atoms with E-state index in [1.165, 1.54) is 0 Å². The van der Waals surface area contributed by atoms with Gasteiger partial charge in [0, 0.05) is 11.3 Å². The molecule has 3 atom stereocenters. The van der Waals surface area contributed by atoms with Crippen LogP contribution in [0.4, 0.5) is 11.4 Å². The monoisotopic (exact) mass is 413 g/mol. The maximum absolute atomic E-state index is 6.76. The first-order chi connectivity index (χ1) is 15.3. The molecule has 5 heteroatoms. The average Bonchev–Trinajstić information content (AvgIpc) is 3.39. The number of benzene rings is 3. The molecule has 2 aliphatic heterocycles. The van der Waals surface area contributed by atoms with Crippen LogP contribution in [0.3, 0.4) is 0 Å². The molecular weight excluding hydrogens is 386 g/mol. The highest BCUT2D eigenvalue weighted by molar-refractivity contribution is 6.13. The fourth-order valence-electron chi connectivity index (χ4n) is 4.42. The van der Waals surface area contributed by atoms with Gasteiger partial charge in [0.1, 0.15) is 6.10 Å². The number of para-hydroxylation sites is 2. The minimum atomic E-state index is -0.913. The first-order valence-corrected chi connectivity index (χ1v) is 11.0. The molecule has 31 heavy (non-hydrogen) atoms. The van der Waals surface area contributed by atoms with Crippen molar-refractivity contribution in [3.63, 3.8) is 0 Å². The summed E-state index contributed by atoms with van der Waals surface area (Å²) < 4.78 is 13.2. The molecule has 3 aromatic rings. The molecule has 5 rings (SSSR count). The number of nitrogens with zero attached hydrogens (tertiary/aromatic N) is 3. The molecule has 0 bridgehead atoms. The largest absolute Gasteiger partial charge is 0.342 e. The van der Waals surface area contributed by atoms with E-state index < -0.39 is 5.85 Å². The van der Waals surface area contributed by atoms with Gasteiger partial charge in [0.2, 0.25) is 0 Å². The van der Waals surface area contributed by atoms with E-state index in [4.69, 9.17) is 14.6 Å². The van der Waals surface area contributed by atoms with Gasteiger partial charge in [-0.2, -0.15) is 0 Å². The van der Waals surface area contributed by atoms with Crippen molar-refractivity contribution in [2.75, 3.05) is 9.91 Å². The quantitative estimate of drug-likeness (QED) is 0.546. The summed E-state index contributed by atoms with van der Waals surface area (Å²) in [7, 11) is 0. The molecule has 2 aliphatic rings. The maximum atomic E-state index is 6.76. The van der Waals surface area contributed by atoms with Crippen molar-refractivity contribution in [2.24, 2.45) is 5.10 Å². The van der Waals surface area contributed by atoms with Gasteiger partial charge in [-0.3, -0.25) is 4.90 Å². The Morgan fingerprint density at radius 3 is 1.94 bits per heavy atom. The van der Waals surface area contributed by atoms with Crippen molar-refractivity contribution in [1.82, 2.24) is 0 Å². The number of hydrogen-bond donors (Lipinski definition) is 0. The van der Waals surface area contributed by atoms with Gasteiger partial charge < -0.3 is 9.47 Å². The summed E-state index contributed by atoms with van der Waals surface area (Å²) in [5.41, 5.74) is 3.01. The van der Waals surface area contributed by atoms with E-state index in [2.05, 4.69) is 55.1 Å². The number of rotatable bonds is 5. The van der Waals surface area contributed by atoms with Crippen LogP contribution in [0.25, 0.3) is 0 Å². The van der Waals surface area contributed by atoms with Crippen LogP contribution in [0.1, 0.15) is 32.3 Å². The zero-order valence-corrected chi connectivity index (χ0v) is 17.9. The van der Waals surface area contributed by atoms with Gasteiger partial charge in [0.05, 0.1) is 5.69 Å². The predicted molar refractivity (Wildman–Crippen MR) is 124 cm³/mol. The van der Waals surface area contributed by atoms with Crippen molar-refractivity contribution in [1.29, 1.82) is 0 Å². The Kier molecular flexibility index (Phi) is 5.22. The molecule has 0 aromatic heterocycles. The lowest BCUT2D eigenvalue weighted by atomic mass is 10.1. The van der Waals surface area contributed by atoms with E-state index in [0.29, 0.717) is 0 Å². The van der Waals surface area contributed by atoms with Crippen LogP contribution in [0.15, 0.2) is 96.1 Å². The molecule has 1 fully saturated rings. The Morgan fingerprint density at radius 1 is 0.774 bits per heavy atom. The third kappa shape index (κ3) is 3.21. The fourth-order valence-corrected chi connectivity index (χ4v) is 4.42. The Labute approximate surface area is 183 Å². The summed E-state index contributed by atoms with van der Waals surface area (Å²) in [6.45, 7) is 4.23. The summed E-state index contributed by atoms with van der Waals surface area (Å²) in [4.78, 5) is 2.21. The number of amidine groups is 1. The van der Waals surface area contributed by atoms with Crippen molar-refractivity contribution in [3.8, 4) is 0 Å². The molecule has 0 unspecified atom stereocenters. The van der Waals surface area contributed by atoms with Crippen LogP contribution in [0.2, 0.25) is 0 Å². The first-order valence-electron chi connectivity index (χ1n) is 11.0. The molecule has 3 aromatic carbocycles. The second-order valence-corrected chi connectivity index (χ2v) is 7.76. The van der Waals surface area contributed by atoms with E-state index >= 15 is 0 Å². The topological polar surface area (TPSA) is 37.3 Å². The Hall–Kier alpha value is -3.15. The summed E-state index contributed by atoms with van der Waals surface area (Å²) in [5, 5.41) is 7.17. The average molecular weight is 414 g/mol. The highest BCUT2D eigenvalue weighted by atomic mass is 16.8. The predicted octanol–water partition coefficient (Wildman–Crippen LogP) is 5.59. The van der Waals surface area contributed by atoms with Crippen molar-refractivity contribution in [3.05, 3.63) is 96.6 Å². The number of ether oxygens (including phenoxy) is 2. The summed E-state index contributed by atoms with van der Waals surface area (Å²) in [5.74, 6) is -0.0713. The maximum Gasteiger partial charge on any atom is 0.276 e. The molecule has 1 spiro atoms. The summed E-state index contributed by atoms with van der Waals surface area (Å²) >= 11 is 0. The summed E-state index contributed by atoms with van der Waals surface area (Å²) in [6, 6.07) is 30.8. The number of hydrazone groups is 1. The highest BCUT2D eigenvalue weighted by Crippen LogP contribution is 2.47. The minimum absolute atomic E-state index is 0.192. The van der Waals surface area contributed by atoms with E-state index in [9.17, 15) is 0 Å². The standard InChI is InChI=1S/C26H27N3O2/c1-3-23-26(31-24(4-2)30-23)28(21-16-10-6-11-17-21)25(20-14-8-5-9-15-20)27-29(26)22-18-12-7-13-19-22/h5-19,23-24H,3-4H2,1-2H3/t23-,24-,26+/m1/s1. The molecule has 1 saturated heterocycles. The number of hydrogen-bond acceptors (Lipinski definition) is 5. The zero-order valence-electron chi connectivity index (χ0n) is 17.9. The lowest BCUT2D eigenvalue weighted by Crippen LogP contribution is -2.62. The van der Waals surface area contributed by atoms with E-state index in [1.54, 1.807) is 0 Å². The van der Waals surface area contributed by atoms with Crippen LogP contribution in [0.5, 0.6) is 0 Å². The van der Waals surface area contributed by atoms with Crippen molar-refractivity contribution in [2.45, 2.75) is 44.9 Å². The van der Waals surface area contributed by atoms with Gasteiger partial charge in [0.25, 0.3) is 5.85 Å². The van der Waals surface area contributed by atoms with Gasteiger partial charge in [-0.15, -0.1) is 5.10 Å². The van der Waals surface area contributed by atoms with E-state index in [-0.39, 0.29) is 12.4 Å². The van der Waals surface area contributed by atoms with Gasteiger partial charge in [-0.25, -0.2) is 5.01 Å². The second kappa shape index (κ2) is 8.17. The fraction of sp³-hybridized carbons (Fsp3) is 0.269. The van der Waals surface area contributed by atoms with Crippen molar-refractivity contribution < 1.29 is 9.47 Å². The highest BCUT2D eigenvalue weighted by Gasteiger charge is 2.62. The molecule has 0 radical (unpaired) electrons. The SMILES string of the molecule is CC[C@@H]1O[C@H](CC)[C@@]2(O1)N(c1ccccc1)N=C(c1ccccc1)N2c1ccccc1. The van der Waals surface area contributed by atoms with Crippen LogP contribution >= 0.6 is 0 Å². The Bertz CT molecular complexity index is 1040. The molecule has 2 heterocycles. The third-order valence-corrected chi connectivity index (χ3v) is 5.82. The minimum Gasteiger partial charge on any atom is -0.342 e. The Balaban J connectivity index is 1.76. The van der Waals surface area contributed by atoms with Crippen LogP contribution < -0.4 is 9.91 Å².